The van der Waals surface area contributed by atoms with Crippen LogP contribution in [0.25, 0.3) is 0 Å². The minimum atomic E-state index is -4.96. The van der Waals surface area contributed by atoms with Gasteiger partial charge >= 0.3 is 39.5 Å². The van der Waals surface area contributed by atoms with E-state index in [2.05, 4.69) is 55.4 Å². The number of esters is 4. The summed E-state index contributed by atoms with van der Waals surface area (Å²) in [6.45, 7) is 14.2. The highest BCUT2D eigenvalue weighted by Gasteiger charge is 2.30. The standard InChI is InChI=1S/C79H154O17P2/c1-9-71(7)57-49-41-33-23-19-17-15-13-11-12-14-16-18-20-25-35-43-51-59-76(81)89-65-74(95-78(83)61-53-45-37-26-22-21-24-34-42-50-58-72(8)10-2)67-93-97(85,86)91-63-73(80)64-92-98(87,88)94-68-75(96-79(84)62-54-46-38-30-28-32-40-48-56-70(5)6)66-90-77(82)60-52-44-36-29-27-31-39-47-55-69(3)4/h69-75,80H,9-68H2,1-8H3,(H,85,86)(H,87,88)/t71?,72?,73?,74-,75-/m1/s1. The summed E-state index contributed by atoms with van der Waals surface area (Å²) in [6.07, 6.45) is 54.2. The maximum absolute atomic E-state index is 13.1. The van der Waals surface area contributed by atoms with Gasteiger partial charge in [-0.15, -0.1) is 0 Å². The van der Waals surface area contributed by atoms with E-state index in [0.717, 1.165) is 114 Å². The van der Waals surface area contributed by atoms with Crippen LogP contribution < -0.4 is 0 Å². The Morgan fingerprint density at radius 3 is 0.724 bits per heavy atom. The number of phosphoric acid groups is 2. The molecule has 0 aliphatic rings. The minimum Gasteiger partial charge on any atom is -0.462 e. The third kappa shape index (κ3) is 69.8. The van der Waals surface area contributed by atoms with Gasteiger partial charge in [-0.25, -0.2) is 9.13 Å². The van der Waals surface area contributed by atoms with Crippen LogP contribution in [0.2, 0.25) is 0 Å². The van der Waals surface area contributed by atoms with Crippen LogP contribution in [0, 0.1) is 23.7 Å². The fraction of sp³-hybridized carbons (Fsp3) is 0.949. The van der Waals surface area contributed by atoms with Crippen LogP contribution >= 0.6 is 15.6 Å². The van der Waals surface area contributed by atoms with Crippen molar-refractivity contribution in [2.75, 3.05) is 39.6 Å². The summed E-state index contributed by atoms with van der Waals surface area (Å²) in [5, 5.41) is 10.6. The lowest BCUT2D eigenvalue weighted by Gasteiger charge is -2.21. The monoisotopic (exact) mass is 1440 g/mol. The Kier molecular flexibility index (Phi) is 66.8. The summed E-state index contributed by atoms with van der Waals surface area (Å²) in [7, 11) is -9.92. The molecule has 0 saturated carbocycles. The highest BCUT2D eigenvalue weighted by Crippen LogP contribution is 2.45. The van der Waals surface area contributed by atoms with Crippen LogP contribution in [0.5, 0.6) is 0 Å². The molecule has 582 valence electrons. The van der Waals surface area contributed by atoms with E-state index in [9.17, 15) is 43.2 Å². The zero-order valence-corrected chi connectivity index (χ0v) is 66.2. The van der Waals surface area contributed by atoms with E-state index < -0.39 is 97.5 Å². The van der Waals surface area contributed by atoms with Crippen LogP contribution in [-0.4, -0.2) is 96.7 Å². The molecule has 0 amide bonds. The summed E-state index contributed by atoms with van der Waals surface area (Å²) in [5.74, 6) is 1.00. The van der Waals surface area contributed by atoms with E-state index in [0.29, 0.717) is 25.7 Å². The maximum Gasteiger partial charge on any atom is 0.472 e. The molecule has 19 heteroatoms. The van der Waals surface area contributed by atoms with Crippen LogP contribution in [0.15, 0.2) is 0 Å². The summed E-state index contributed by atoms with van der Waals surface area (Å²) < 4.78 is 68.6. The molecule has 0 saturated heterocycles. The zero-order chi connectivity index (χ0) is 72.4. The molecule has 0 spiro atoms. The fourth-order valence-electron chi connectivity index (χ4n) is 12.0. The van der Waals surface area contributed by atoms with Gasteiger partial charge in [0.05, 0.1) is 26.4 Å². The molecular weight excluding hydrogens is 1280 g/mol. The molecule has 0 aromatic carbocycles. The van der Waals surface area contributed by atoms with E-state index in [-0.39, 0.29) is 25.7 Å². The number of unbranched alkanes of at least 4 members (excludes halogenated alkanes) is 40. The molecule has 7 atom stereocenters. The Morgan fingerprint density at radius 1 is 0.286 bits per heavy atom. The van der Waals surface area contributed by atoms with Gasteiger partial charge < -0.3 is 33.8 Å². The molecular formula is C79H154O17P2. The Morgan fingerprint density at radius 2 is 0.490 bits per heavy atom. The number of carbonyl (C=O) groups excluding carboxylic acids is 4. The lowest BCUT2D eigenvalue weighted by atomic mass is 9.99. The third-order valence-corrected chi connectivity index (χ3v) is 20.9. The van der Waals surface area contributed by atoms with Gasteiger partial charge in [-0.3, -0.25) is 37.3 Å². The molecule has 0 aliphatic heterocycles. The fourth-order valence-corrected chi connectivity index (χ4v) is 13.6. The van der Waals surface area contributed by atoms with Crippen molar-refractivity contribution < 1.29 is 80.2 Å². The molecule has 0 aromatic heterocycles. The Balaban J connectivity index is 5.19. The lowest BCUT2D eigenvalue weighted by molar-refractivity contribution is -0.161. The van der Waals surface area contributed by atoms with Gasteiger partial charge in [0, 0.05) is 25.7 Å². The van der Waals surface area contributed by atoms with Crippen molar-refractivity contribution in [2.24, 2.45) is 23.7 Å². The molecule has 98 heavy (non-hydrogen) atoms. The predicted octanol–water partition coefficient (Wildman–Crippen LogP) is 23.2. The van der Waals surface area contributed by atoms with E-state index in [4.69, 9.17) is 37.0 Å². The molecule has 0 aromatic rings. The maximum atomic E-state index is 13.1. The van der Waals surface area contributed by atoms with Gasteiger partial charge in [-0.1, -0.05) is 351 Å². The second-order valence-corrected chi connectivity index (χ2v) is 32.8. The number of ether oxygens (including phenoxy) is 4. The first-order valence-corrected chi connectivity index (χ1v) is 43.8. The molecule has 17 nitrogen and oxygen atoms in total. The average Bonchev–Trinajstić information content (AvgIpc) is 1.07. The first kappa shape index (κ1) is 96.1. The SMILES string of the molecule is CCC(C)CCCCCCCCCCCCCCCCCCCCC(=O)OC[C@H](COP(=O)(O)OCC(O)COP(=O)(O)OC[C@@H](COC(=O)CCCCCCCCCCC(C)C)OC(=O)CCCCCCCCCCC(C)C)OC(=O)CCCCCCCCCCCCC(C)CC. The number of rotatable bonds is 76. The third-order valence-electron chi connectivity index (χ3n) is 19.0. The number of carbonyl (C=O) groups is 4. The van der Waals surface area contributed by atoms with Gasteiger partial charge in [0.1, 0.15) is 19.3 Å². The number of aliphatic hydroxyl groups excluding tert-OH is 1. The van der Waals surface area contributed by atoms with Crippen molar-refractivity contribution in [3.05, 3.63) is 0 Å². The van der Waals surface area contributed by atoms with Crippen molar-refractivity contribution in [3.8, 4) is 0 Å². The van der Waals surface area contributed by atoms with Gasteiger partial charge in [0.25, 0.3) is 0 Å². The van der Waals surface area contributed by atoms with Gasteiger partial charge in [0.2, 0.25) is 0 Å². The van der Waals surface area contributed by atoms with Crippen molar-refractivity contribution in [2.45, 2.75) is 420 Å². The minimum absolute atomic E-state index is 0.104. The largest absolute Gasteiger partial charge is 0.472 e. The predicted molar refractivity (Wildman–Crippen MR) is 400 cm³/mol. The molecule has 5 unspecified atom stereocenters. The number of phosphoric ester groups is 2. The number of aliphatic hydroxyl groups is 1. The normalized spacial score (nSPS) is 14.6. The molecule has 0 aliphatic carbocycles. The number of hydrogen-bond acceptors (Lipinski definition) is 15. The molecule has 0 fully saturated rings. The summed E-state index contributed by atoms with van der Waals surface area (Å²) in [6, 6.07) is 0. The summed E-state index contributed by atoms with van der Waals surface area (Å²) in [4.78, 5) is 72.9. The smallest absolute Gasteiger partial charge is 0.462 e. The van der Waals surface area contributed by atoms with E-state index >= 15 is 0 Å². The Bertz CT molecular complexity index is 1920. The number of hydrogen-bond donors (Lipinski definition) is 3. The highest BCUT2D eigenvalue weighted by atomic mass is 31.2. The van der Waals surface area contributed by atoms with Crippen LogP contribution in [0.3, 0.4) is 0 Å². The highest BCUT2D eigenvalue weighted by molar-refractivity contribution is 7.47. The van der Waals surface area contributed by atoms with Gasteiger partial charge in [-0.05, 0) is 49.4 Å². The van der Waals surface area contributed by atoms with Crippen molar-refractivity contribution in [1.29, 1.82) is 0 Å². The summed E-state index contributed by atoms with van der Waals surface area (Å²) >= 11 is 0. The van der Waals surface area contributed by atoms with Gasteiger partial charge in [0.15, 0.2) is 12.2 Å². The van der Waals surface area contributed by atoms with E-state index in [1.165, 1.54) is 205 Å². The van der Waals surface area contributed by atoms with Crippen LogP contribution in [-0.2, 0) is 65.4 Å². The molecule has 0 rings (SSSR count). The molecule has 3 N–H and O–H groups in total. The van der Waals surface area contributed by atoms with Crippen LogP contribution in [0.4, 0.5) is 0 Å². The van der Waals surface area contributed by atoms with Crippen molar-refractivity contribution in [1.82, 2.24) is 0 Å². The quantitative estimate of drug-likeness (QED) is 0.0222. The summed E-state index contributed by atoms with van der Waals surface area (Å²) in [5.41, 5.74) is 0. The first-order chi connectivity index (χ1) is 47.2. The van der Waals surface area contributed by atoms with Crippen molar-refractivity contribution in [3.63, 3.8) is 0 Å². The van der Waals surface area contributed by atoms with Crippen LogP contribution in [0.1, 0.15) is 402 Å². The van der Waals surface area contributed by atoms with E-state index in [1.54, 1.807) is 0 Å². The molecule has 0 heterocycles. The zero-order valence-electron chi connectivity index (χ0n) is 64.4. The van der Waals surface area contributed by atoms with Crippen molar-refractivity contribution >= 4 is 39.5 Å². The first-order valence-electron chi connectivity index (χ1n) is 40.8. The Hall–Kier alpha value is -1.94. The van der Waals surface area contributed by atoms with E-state index in [1.807, 2.05) is 0 Å². The lowest BCUT2D eigenvalue weighted by Crippen LogP contribution is -2.30. The topological polar surface area (TPSA) is 237 Å². The molecule has 0 bridgehead atoms. The second-order valence-electron chi connectivity index (χ2n) is 29.9. The average molecular weight is 1440 g/mol. The second kappa shape index (κ2) is 68.2. The molecule has 0 radical (unpaired) electrons. The Labute approximate surface area is 600 Å². The van der Waals surface area contributed by atoms with Gasteiger partial charge in [-0.2, -0.15) is 0 Å².